The molecule has 0 fully saturated rings. The molecule has 0 aliphatic carbocycles. The van der Waals surface area contributed by atoms with Gasteiger partial charge >= 0.3 is 6.09 Å². The van der Waals surface area contributed by atoms with E-state index >= 15 is 0 Å². The van der Waals surface area contributed by atoms with Gasteiger partial charge in [-0.1, -0.05) is 42.5 Å². The maximum atomic E-state index is 11.6. The van der Waals surface area contributed by atoms with Crippen molar-refractivity contribution in [1.82, 2.24) is 4.90 Å². The summed E-state index contributed by atoms with van der Waals surface area (Å²) in [7, 11) is 0. The van der Waals surface area contributed by atoms with Crippen molar-refractivity contribution < 1.29 is 9.53 Å². The zero-order valence-corrected chi connectivity index (χ0v) is 9.00. The first-order valence-electron chi connectivity index (χ1n) is 5.33. The van der Waals surface area contributed by atoms with Gasteiger partial charge in [0.25, 0.3) is 0 Å². The second-order valence-electron chi connectivity index (χ2n) is 3.60. The van der Waals surface area contributed by atoms with Crippen molar-refractivity contribution in [2.75, 3.05) is 6.54 Å². The minimum atomic E-state index is -0.284. The number of hydrogen-bond acceptors (Lipinski definition) is 2. The van der Waals surface area contributed by atoms with Crippen LogP contribution in [0.3, 0.4) is 0 Å². The van der Waals surface area contributed by atoms with E-state index in [2.05, 4.69) is 0 Å². The van der Waals surface area contributed by atoms with Gasteiger partial charge in [0, 0.05) is 6.54 Å². The first-order chi connectivity index (χ1) is 7.86. The molecule has 1 aliphatic heterocycles. The second-order valence-corrected chi connectivity index (χ2v) is 3.60. The van der Waals surface area contributed by atoms with Gasteiger partial charge in [-0.05, 0) is 12.0 Å². The van der Waals surface area contributed by atoms with Gasteiger partial charge in [0.15, 0.2) is 0 Å². The van der Waals surface area contributed by atoms with E-state index in [0.29, 0.717) is 13.2 Å². The van der Waals surface area contributed by atoms with Gasteiger partial charge in [-0.3, -0.25) is 4.90 Å². The summed E-state index contributed by atoms with van der Waals surface area (Å²) in [6.07, 6.45) is 4.50. The normalized spacial score (nSPS) is 14.9. The van der Waals surface area contributed by atoms with Gasteiger partial charge in [0.2, 0.25) is 0 Å². The zero-order chi connectivity index (χ0) is 11.2. The molecule has 1 amide bonds. The number of nitrogens with zero attached hydrogens (tertiary/aromatic N) is 1. The van der Waals surface area contributed by atoms with Crippen molar-refractivity contribution in [1.29, 1.82) is 0 Å². The molecule has 0 unspecified atom stereocenters. The molecule has 1 heterocycles. The minimum absolute atomic E-state index is 0.284. The Bertz CT molecular complexity index is 373. The summed E-state index contributed by atoms with van der Waals surface area (Å²) in [5.41, 5.74) is 1.00. The highest BCUT2D eigenvalue weighted by Crippen LogP contribution is 2.09. The summed E-state index contributed by atoms with van der Waals surface area (Å²) in [4.78, 5) is 13.2. The monoisotopic (exact) mass is 216 g/mol. The Morgan fingerprint density at radius 1 is 1.31 bits per heavy atom. The summed E-state index contributed by atoms with van der Waals surface area (Å²) in [6.45, 7) is 2.77. The van der Waals surface area contributed by atoms with Crippen LogP contribution in [0.5, 0.6) is 0 Å². The van der Waals surface area contributed by atoms with E-state index in [0.717, 1.165) is 12.0 Å². The average Bonchev–Trinajstić information content (AvgIpc) is 2.38. The van der Waals surface area contributed by atoms with Gasteiger partial charge in [-0.2, -0.15) is 0 Å². The molecule has 3 nitrogen and oxygen atoms in total. The summed E-state index contributed by atoms with van der Waals surface area (Å²) in [5, 5.41) is 0. The van der Waals surface area contributed by atoms with Crippen molar-refractivity contribution in [3.8, 4) is 0 Å². The summed E-state index contributed by atoms with van der Waals surface area (Å²) in [6, 6.07) is 9.67. The van der Waals surface area contributed by atoms with Gasteiger partial charge in [0.1, 0.15) is 6.61 Å². The average molecular weight is 216 g/mol. The highest BCUT2D eigenvalue weighted by molar-refractivity contribution is 5.69. The molecule has 3 heteroatoms. The quantitative estimate of drug-likeness (QED) is 0.760. The number of benzene rings is 1. The van der Waals surface area contributed by atoms with Crippen LogP contribution in [-0.2, 0) is 11.3 Å². The number of ether oxygens (including phenoxy) is 1. The highest BCUT2D eigenvalue weighted by Gasteiger charge is 2.15. The number of carbonyl (C=O) groups excluding carboxylic acids is 1. The van der Waals surface area contributed by atoms with Crippen molar-refractivity contribution in [3.05, 3.63) is 54.6 Å². The van der Waals surface area contributed by atoms with Gasteiger partial charge < -0.3 is 4.74 Å². The van der Waals surface area contributed by atoms with Crippen LogP contribution in [0.1, 0.15) is 12.0 Å². The topological polar surface area (TPSA) is 29.5 Å². The Balaban J connectivity index is 1.82. The van der Waals surface area contributed by atoms with Crippen LogP contribution >= 0.6 is 0 Å². The summed E-state index contributed by atoms with van der Waals surface area (Å²) >= 11 is 0. The second kappa shape index (κ2) is 5.35. The molecule has 16 heavy (non-hydrogen) atoms. The van der Waals surface area contributed by atoms with Crippen LogP contribution in [0.4, 0.5) is 4.79 Å². The number of hydrogen-bond donors (Lipinski definition) is 0. The van der Waals surface area contributed by atoms with Crippen LogP contribution in [0.15, 0.2) is 42.5 Å². The largest absolute Gasteiger partial charge is 0.445 e. The maximum absolute atomic E-state index is 11.6. The lowest BCUT2D eigenvalue weighted by atomic mass is 10.2. The van der Waals surface area contributed by atoms with Gasteiger partial charge in [-0.15, -0.1) is 0 Å². The lowest BCUT2D eigenvalue weighted by Crippen LogP contribution is -2.30. The predicted molar refractivity (Wildman–Crippen MR) is 61.4 cm³/mol. The Morgan fingerprint density at radius 2 is 2.12 bits per heavy atom. The lowest BCUT2D eigenvalue weighted by molar-refractivity contribution is 0.106. The van der Waals surface area contributed by atoms with Crippen molar-refractivity contribution >= 4 is 6.09 Å². The summed E-state index contributed by atoms with van der Waals surface area (Å²) in [5.74, 6) is 0. The molecule has 0 saturated heterocycles. The fourth-order valence-corrected chi connectivity index (χ4v) is 1.50. The van der Waals surface area contributed by atoms with Gasteiger partial charge in [-0.25, -0.2) is 4.79 Å². The molecule has 1 aromatic rings. The van der Waals surface area contributed by atoms with Crippen LogP contribution < -0.4 is 0 Å². The molecule has 0 aromatic heterocycles. The molecule has 0 atom stereocenters. The molecule has 1 aliphatic rings. The Hall–Kier alpha value is -1.77. The molecular formula is C13H14NO2. The zero-order valence-electron chi connectivity index (χ0n) is 9.00. The van der Waals surface area contributed by atoms with E-state index in [1.54, 1.807) is 11.4 Å². The summed E-state index contributed by atoms with van der Waals surface area (Å²) < 4.78 is 5.19. The third-order valence-electron chi connectivity index (χ3n) is 2.38. The van der Waals surface area contributed by atoms with E-state index < -0.39 is 0 Å². The van der Waals surface area contributed by atoms with Crippen LogP contribution in [-0.4, -0.2) is 17.5 Å². The molecular weight excluding hydrogens is 202 g/mol. The van der Waals surface area contributed by atoms with Crippen molar-refractivity contribution in [2.45, 2.75) is 13.0 Å². The van der Waals surface area contributed by atoms with E-state index in [4.69, 9.17) is 4.74 Å². The standard InChI is InChI=1S/C13H14NO2/c15-13(14-9-5-2-6-10-14)16-11-12-7-3-1-4-8-12/h1-5,7-9H,6,10-11H2. The van der Waals surface area contributed by atoms with E-state index in [1.807, 2.05) is 42.5 Å². The van der Waals surface area contributed by atoms with Crippen molar-refractivity contribution in [2.24, 2.45) is 0 Å². The number of rotatable bonds is 2. The van der Waals surface area contributed by atoms with E-state index in [-0.39, 0.29) is 6.09 Å². The first kappa shape index (κ1) is 10.7. The Morgan fingerprint density at radius 3 is 2.81 bits per heavy atom. The minimum Gasteiger partial charge on any atom is -0.445 e. The molecule has 2 rings (SSSR count). The first-order valence-corrected chi connectivity index (χ1v) is 5.33. The van der Waals surface area contributed by atoms with Crippen LogP contribution in [0.2, 0.25) is 0 Å². The lowest BCUT2D eigenvalue weighted by Gasteiger charge is -2.21. The highest BCUT2D eigenvalue weighted by atomic mass is 16.6. The van der Waals surface area contributed by atoms with Crippen LogP contribution in [0.25, 0.3) is 0 Å². The van der Waals surface area contributed by atoms with E-state index in [9.17, 15) is 4.79 Å². The van der Waals surface area contributed by atoms with Gasteiger partial charge in [0.05, 0.1) is 6.54 Å². The molecule has 0 saturated carbocycles. The maximum Gasteiger partial charge on any atom is 0.410 e. The molecule has 1 aromatic carbocycles. The molecule has 0 bridgehead atoms. The Kier molecular flexibility index (Phi) is 3.59. The number of carbonyl (C=O) groups is 1. The SMILES string of the molecule is O=C(OCc1ccccc1)N1[CH]C=CCC1. The third-order valence-corrected chi connectivity index (χ3v) is 2.38. The fourth-order valence-electron chi connectivity index (χ4n) is 1.50. The fraction of sp³-hybridized carbons (Fsp3) is 0.231. The Labute approximate surface area is 95.3 Å². The smallest absolute Gasteiger partial charge is 0.410 e. The van der Waals surface area contributed by atoms with Crippen LogP contribution in [0, 0.1) is 6.54 Å². The number of amides is 1. The molecule has 0 spiro atoms. The molecule has 0 N–H and O–H groups in total. The van der Waals surface area contributed by atoms with E-state index in [1.165, 1.54) is 0 Å². The molecule has 83 valence electrons. The molecule has 1 radical (unpaired) electrons. The van der Waals surface area contributed by atoms with Crippen molar-refractivity contribution in [3.63, 3.8) is 0 Å². The predicted octanol–water partition coefficient (Wildman–Crippen LogP) is 2.75. The third kappa shape index (κ3) is 2.86.